The molecule has 0 saturated carbocycles. The first-order valence-corrected chi connectivity index (χ1v) is 20.2. The second kappa shape index (κ2) is 30.1. The van der Waals surface area contributed by atoms with E-state index >= 15 is 0 Å². The molecule has 8 nitrogen and oxygen atoms in total. The molecule has 9 heteroatoms. The minimum absolute atomic E-state index is 0.00324. The van der Waals surface area contributed by atoms with Crippen LogP contribution in [0, 0.1) is 0 Å². The van der Waals surface area contributed by atoms with Gasteiger partial charge >= 0.3 is 0 Å². The molecule has 0 aliphatic heterocycles. The first kappa shape index (κ1) is 45.0. The summed E-state index contributed by atoms with van der Waals surface area (Å²) in [5.74, 6) is -0.217. The lowest BCUT2D eigenvalue weighted by molar-refractivity contribution is -0.870. The first-order valence-electron chi connectivity index (χ1n) is 18.7. The van der Waals surface area contributed by atoms with E-state index < -0.39 is 20.0 Å². The molecule has 0 heterocycles. The van der Waals surface area contributed by atoms with Gasteiger partial charge in [-0.2, -0.15) is 0 Å². The van der Waals surface area contributed by atoms with Crippen molar-refractivity contribution >= 4 is 13.7 Å². The number of nitrogens with one attached hydrogen (secondary N) is 1. The molecule has 0 fully saturated rings. The van der Waals surface area contributed by atoms with Crippen molar-refractivity contribution in [3.8, 4) is 0 Å². The zero-order chi connectivity index (χ0) is 34.4. The maximum Gasteiger partial charge on any atom is 0.268 e. The van der Waals surface area contributed by atoms with Crippen LogP contribution in [0.15, 0.2) is 24.3 Å². The van der Waals surface area contributed by atoms with Gasteiger partial charge in [-0.3, -0.25) is 9.36 Å². The smallest absolute Gasteiger partial charge is 0.268 e. The molecule has 3 unspecified atom stereocenters. The molecule has 0 saturated heterocycles. The summed E-state index contributed by atoms with van der Waals surface area (Å²) in [6.07, 6.45) is 32.2. The summed E-state index contributed by atoms with van der Waals surface area (Å²) in [6, 6.07) is -0.888. The number of nitrogens with zero attached hydrogens (tertiary/aromatic N) is 1. The Bertz CT molecular complexity index is 814. The van der Waals surface area contributed by atoms with Crippen LogP contribution in [0.25, 0.3) is 0 Å². The fourth-order valence-corrected chi connectivity index (χ4v) is 5.81. The van der Waals surface area contributed by atoms with Crippen molar-refractivity contribution < 1.29 is 32.9 Å². The number of quaternary nitrogens is 1. The minimum atomic E-state index is -4.58. The molecule has 46 heavy (non-hydrogen) atoms. The highest BCUT2D eigenvalue weighted by Crippen LogP contribution is 2.38. The average Bonchev–Trinajstić information content (AvgIpc) is 2.99. The number of phosphoric ester groups is 1. The van der Waals surface area contributed by atoms with Gasteiger partial charge in [-0.1, -0.05) is 128 Å². The fraction of sp³-hybridized carbons (Fsp3) is 0.865. The third-order valence-corrected chi connectivity index (χ3v) is 9.12. The molecule has 0 spiro atoms. The second-order valence-corrected chi connectivity index (χ2v) is 15.3. The van der Waals surface area contributed by atoms with Gasteiger partial charge in [-0.15, -0.1) is 0 Å². The van der Waals surface area contributed by atoms with Crippen molar-refractivity contribution in [2.75, 3.05) is 40.9 Å². The van der Waals surface area contributed by atoms with Crippen molar-refractivity contribution in [2.24, 2.45) is 0 Å². The molecule has 1 amide bonds. The molecule has 0 aliphatic rings. The van der Waals surface area contributed by atoms with Crippen LogP contribution in [-0.2, 0) is 18.4 Å². The topological polar surface area (TPSA) is 108 Å². The number of carbonyl (C=O) groups is 1. The quantitative estimate of drug-likeness (QED) is 0.0312. The standard InChI is InChI=1S/C37H73N2O6P/c1-6-8-10-12-14-16-18-19-21-23-25-27-29-31-37(41)38-35(34-45-46(42,43)44-33-32-39(3,4)5)36(40)30-28-26-24-22-20-17-15-13-11-9-7-2/h19,21,28,30,35-36,40H,6-18,20,22-27,29,31-34H2,1-5H3,(H-,38,41,42,43)/b21-19-,30-28+. The molecule has 0 aromatic rings. The predicted molar refractivity (Wildman–Crippen MR) is 192 cm³/mol. The zero-order valence-electron chi connectivity index (χ0n) is 30.5. The first-order chi connectivity index (χ1) is 22.0. The van der Waals surface area contributed by atoms with Crippen molar-refractivity contribution in [1.82, 2.24) is 5.32 Å². The van der Waals surface area contributed by atoms with Crippen molar-refractivity contribution in [2.45, 2.75) is 167 Å². The molecule has 0 aromatic heterocycles. The van der Waals surface area contributed by atoms with Crippen LogP contribution in [-0.4, -0.2) is 68.5 Å². The molecule has 0 aromatic carbocycles. The van der Waals surface area contributed by atoms with Crippen molar-refractivity contribution in [3.05, 3.63) is 24.3 Å². The largest absolute Gasteiger partial charge is 0.756 e. The van der Waals surface area contributed by atoms with Gasteiger partial charge < -0.3 is 28.8 Å². The van der Waals surface area contributed by atoms with E-state index in [0.29, 0.717) is 17.4 Å². The zero-order valence-corrected chi connectivity index (χ0v) is 31.4. The number of carbonyl (C=O) groups excluding carboxylic acids is 1. The van der Waals surface area contributed by atoms with Crippen LogP contribution >= 0.6 is 7.82 Å². The Labute approximate surface area is 284 Å². The van der Waals surface area contributed by atoms with Gasteiger partial charge in [0.25, 0.3) is 7.82 Å². The van der Waals surface area contributed by atoms with E-state index in [-0.39, 0.29) is 19.1 Å². The summed E-state index contributed by atoms with van der Waals surface area (Å²) in [7, 11) is 1.25. The lowest BCUT2D eigenvalue weighted by atomic mass is 10.1. The highest BCUT2D eigenvalue weighted by Gasteiger charge is 2.23. The Hall–Kier alpha value is -1.02. The van der Waals surface area contributed by atoms with Crippen molar-refractivity contribution in [3.63, 3.8) is 0 Å². The van der Waals surface area contributed by atoms with Gasteiger partial charge in [0.05, 0.1) is 39.9 Å². The molecule has 0 bridgehead atoms. The van der Waals surface area contributed by atoms with Crippen LogP contribution in [0.1, 0.15) is 155 Å². The monoisotopic (exact) mass is 673 g/mol. The molecule has 2 N–H and O–H groups in total. The maximum absolute atomic E-state index is 12.7. The number of amides is 1. The highest BCUT2D eigenvalue weighted by atomic mass is 31.2. The van der Waals surface area contributed by atoms with Crippen LogP contribution in [0.3, 0.4) is 0 Å². The number of likely N-dealkylation sites (N-methyl/N-ethyl adjacent to an activating group) is 1. The van der Waals surface area contributed by atoms with E-state index in [2.05, 4.69) is 31.3 Å². The number of phosphoric acid groups is 1. The lowest BCUT2D eigenvalue weighted by Gasteiger charge is -2.29. The second-order valence-electron chi connectivity index (χ2n) is 13.9. The third-order valence-electron chi connectivity index (χ3n) is 8.16. The van der Waals surface area contributed by atoms with Gasteiger partial charge in [0.15, 0.2) is 0 Å². The minimum Gasteiger partial charge on any atom is -0.756 e. The molecule has 0 aliphatic carbocycles. The molecule has 0 radical (unpaired) electrons. The van der Waals surface area contributed by atoms with E-state index in [9.17, 15) is 19.4 Å². The lowest BCUT2D eigenvalue weighted by Crippen LogP contribution is -2.45. The number of unbranched alkanes of at least 4 members (excludes halogenated alkanes) is 18. The fourth-order valence-electron chi connectivity index (χ4n) is 5.09. The van der Waals surface area contributed by atoms with Gasteiger partial charge in [-0.25, -0.2) is 0 Å². The number of hydrogen-bond acceptors (Lipinski definition) is 6. The van der Waals surface area contributed by atoms with Gasteiger partial charge in [0.2, 0.25) is 5.91 Å². The number of aliphatic hydroxyl groups excluding tert-OH is 1. The normalized spacial score (nSPS) is 15.0. The summed E-state index contributed by atoms with van der Waals surface area (Å²) in [5, 5.41) is 13.6. The number of rotatable bonds is 33. The van der Waals surface area contributed by atoms with E-state index in [0.717, 1.165) is 51.4 Å². The Kier molecular flexibility index (Phi) is 29.4. The third kappa shape index (κ3) is 31.6. The molecule has 0 rings (SSSR count). The van der Waals surface area contributed by atoms with E-state index in [1.807, 2.05) is 27.2 Å². The van der Waals surface area contributed by atoms with E-state index in [1.165, 1.54) is 83.5 Å². The molecule has 3 atom stereocenters. The Morgan fingerprint density at radius 2 is 1.20 bits per heavy atom. The summed E-state index contributed by atoms with van der Waals surface area (Å²) < 4.78 is 23.0. The summed E-state index contributed by atoms with van der Waals surface area (Å²) >= 11 is 0. The Morgan fingerprint density at radius 1 is 0.739 bits per heavy atom. The summed E-state index contributed by atoms with van der Waals surface area (Å²) in [4.78, 5) is 25.1. The SMILES string of the molecule is CCCCCCCC/C=C\CCCCCC(=O)NC(COP(=O)([O-])OCC[N+](C)(C)C)C(O)/C=C/CCCCCCCCCCC. The molecular formula is C37H73N2O6P. The number of allylic oxidation sites excluding steroid dienone is 3. The molecular weight excluding hydrogens is 599 g/mol. The Morgan fingerprint density at radius 3 is 1.70 bits per heavy atom. The van der Waals surface area contributed by atoms with Crippen LogP contribution in [0.4, 0.5) is 0 Å². The van der Waals surface area contributed by atoms with Crippen LogP contribution < -0.4 is 10.2 Å². The summed E-state index contributed by atoms with van der Waals surface area (Å²) in [6.45, 7) is 4.58. The van der Waals surface area contributed by atoms with E-state index in [1.54, 1.807) is 6.08 Å². The highest BCUT2D eigenvalue weighted by molar-refractivity contribution is 7.45. The van der Waals surface area contributed by atoms with E-state index in [4.69, 9.17) is 9.05 Å². The summed E-state index contributed by atoms with van der Waals surface area (Å²) in [5.41, 5.74) is 0. The Balaban J connectivity index is 4.59. The number of aliphatic hydroxyl groups is 1. The molecule has 272 valence electrons. The predicted octanol–water partition coefficient (Wildman–Crippen LogP) is 8.77. The van der Waals surface area contributed by atoms with Gasteiger partial charge in [-0.05, 0) is 44.9 Å². The maximum atomic E-state index is 12.7. The number of hydrogen-bond donors (Lipinski definition) is 2. The average molecular weight is 673 g/mol. The van der Waals surface area contributed by atoms with Gasteiger partial charge in [0.1, 0.15) is 13.2 Å². The van der Waals surface area contributed by atoms with Crippen LogP contribution in [0.2, 0.25) is 0 Å². The van der Waals surface area contributed by atoms with Crippen molar-refractivity contribution in [1.29, 1.82) is 0 Å². The van der Waals surface area contributed by atoms with Crippen LogP contribution in [0.5, 0.6) is 0 Å². The van der Waals surface area contributed by atoms with Gasteiger partial charge in [0, 0.05) is 6.42 Å².